The van der Waals surface area contributed by atoms with Crippen LogP contribution in [0.15, 0.2) is 47.5 Å². The van der Waals surface area contributed by atoms with Crippen molar-refractivity contribution in [3.8, 4) is 0 Å². The zero-order valence-electron chi connectivity index (χ0n) is 18.9. The zero-order chi connectivity index (χ0) is 23.7. The number of aryl methyl sites for hydroxylation is 1. The maximum atomic E-state index is 13.1. The number of halogens is 3. The highest BCUT2D eigenvalue weighted by Gasteiger charge is 2.31. The number of hydrogen-bond acceptors (Lipinski definition) is 3. The Morgan fingerprint density at radius 3 is 2.22 bits per heavy atom. The number of amides is 1. The third-order valence-electron chi connectivity index (χ3n) is 5.32. The summed E-state index contributed by atoms with van der Waals surface area (Å²) in [6.07, 6.45) is -4.44. The molecule has 0 saturated heterocycles. The van der Waals surface area contributed by atoms with Crippen molar-refractivity contribution in [3.05, 3.63) is 70.3 Å². The van der Waals surface area contributed by atoms with Crippen LogP contribution in [0.1, 0.15) is 60.3 Å². The fourth-order valence-corrected chi connectivity index (χ4v) is 4.31. The quantitative estimate of drug-likeness (QED) is 0.421. The number of thioether (sulfide) groups is 1. The lowest BCUT2D eigenvalue weighted by atomic mass is 9.87. The molecular weight excluding hydrogens is 433 g/mol. The van der Waals surface area contributed by atoms with E-state index in [1.165, 1.54) is 23.4 Å². The Balaban J connectivity index is 1.91. The van der Waals surface area contributed by atoms with Crippen molar-refractivity contribution in [2.45, 2.75) is 57.8 Å². The summed E-state index contributed by atoms with van der Waals surface area (Å²) < 4.78 is 39.4. The molecule has 0 aliphatic heterocycles. The molecule has 0 bridgehead atoms. The Morgan fingerprint density at radius 1 is 1.03 bits per heavy atom. The number of nitrogens with zero attached hydrogens (tertiary/aromatic N) is 1. The standard InChI is InChI=1S/C25H27F3N2OS/c1-6-32-23-21(15(2)19-12-11-18(25(26,27)28)13-20(19)30-23)22(31)29-14-16-7-9-17(10-8-16)24(3,4)5/h7-13H,6,14H2,1-5H3,(H,29,31). The molecule has 3 aromatic rings. The van der Waals surface area contributed by atoms with Crippen LogP contribution in [0, 0.1) is 6.92 Å². The third kappa shape index (κ3) is 5.26. The minimum atomic E-state index is -4.44. The Hall–Kier alpha value is -2.54. The molecule has 0 spiro atoms. The van der Waals surface area contributed by atoms with Gasteiger partial charge < -0.3 is 5.32 Å². The Bertz CT molecular complexity index is 1130. The molecule has 0 aliphatic carbocycles. The number of carbonyl (C=O) groups is 1. The van der Waals surface area contributed by atoms with Gasteiger partial charge >= 0.3 is 6.18 Å². The smallest absolute Gasteiger partial charge is 0.348 e. The summed E-state index contributed by atoms with van der Waals surface area (Å²) in [6, 6.07) is 11.6. The van der Waals surface area contributed by atoms with Crippen LogP contribution >= 0.6 is 11.8 Å². The first-order valence-electron chi connectivity index (χ1n) is 10.4. The van der Waals surface area contributed by atoms with E-state index < -0.39 is 11.7 Å². The molecule has 0 radical (unpaired) electrons. The van der Waals surface area contributed by atoms with Gasteiger partial charge in [-0.25, -0.2) is 4.98 Å². The summed E-state index contributed by atoms with van der Waals surface area (Å²) >= 11 is 1.35. The number of benzene rings is 2. The van der Waals surface area contributed by atoms with Crippen LogP contribution in [-0.2, 0) is 18.1 Å². The second-order valence-corrected chi connectivity index (χ2v) is 9.96. The molecule has 1 amide bonds. The summed E-state index contributed by atoms with van der Waals surface area (Å²) in [4.78, 5) is 17.5. The normalized spacial score (nSPS) is 12.2. The van der Waals surface area contributed by atoms with E-state index in [0.717, 1.165) is 17.7 Å². The molecule has 32 heavy (non-hydrogen) atoms. The van der Waals surface area contributed by atoms with Gasteiger partial charge in [0.25, 0.3) is 5.91 Å². The molecule has 2 aromatic carbocycles. The third-order valence-corrected chi connectivity index (χ3v) is 6.18. The minimum Gasteiger partial charge on any atom is -0.348 e. The van der Waals surface area contributed by atoms with E-state index in [1.54, 1.807) is 6.92 Å². The number of pyridine rings is 1. The zero-order valence-corrected chi connectivity index (χ0v) is 19.7. The van der Waals surface area contributed by atoms with Crippen molar-refractivity contribution >= 4 is 28.6 Å². The topological polar surface area (TPSA) is 42.0 Å². The molecule has 7 heteroatoms. The number of alkyl halides is 3. The van der Waals surface area contributed by atoms with Gasteiger partial charge in [-0.05, 0) is 46.9 Å². The fourth-order valence-electron chi connectivity index (χ4n) is 3.48. The molecule has 1 heterocycles. The average molecular weight is 461 g/mol. The minimum absolute atomic E-state index is 0.0495. The van der Waals surface area contributed by atoms with Gasteiger partial charge in [0.05, 0.1) is 16.6 Å². The molecule has 1 aromatic heterocycles. The Morgan fingerprint density at radius 2 is 1.66 bits per heavy atom. The van der Waals surface area contributed by atoms with Gasteiger partial charge in [0.2, 0.25) is 0 Å². The highest BCUT2D eigenvalue weighted by molar-refractivity contribution is 7.99. The average Bonchev–Trinajstić information content (AvgIpc) is 2.71. The second-order valence-electron chi connectivity index (χ2n) is 8.71. The molecule has 1 N–H and O–H groups in total. The first-order chi connectivity index (χ1) is 14.9. The van der Waals surface area contributed by atoms with E-state index in [1.807, 2.05) is 19.1 Å². The highest BCUT2D eigenvalue weighted by atomic mass is 32.2. The van der Waals surface area contributed by atoms with Gasteiger partial charge in [-0.1, -0.05) is 58.0 Å². The lowest BCUT2D eigenvalue weighted by molar-refractivity contribution is -0.137. The molecule has 3 nitrogen and oxygen atoms in total. The number of carbonyl (C=O) groups excluding carboxylic acids is 1. The Labute approximate surface area is 190 Å². The van der Waals surface area contributed by atoms with Crippen LogP contribution in [0.3, 0.4) is 0 Å². The molecule has 170 valence electrons. The number of rotatable bonds is 5. The van der Waals surface area contributed by atoms with E-state index in [0.29, 0.717) is 33.8 Å². The second kappa shape index (κ2) is 9.14. The van der Waals surface area contributed by atoms with Crippen LogP contribution in [0.2, 0.25) is 0 Å². The van der Waals surface area contributed by atoms with Crippen molar-refractivity contribution in [1.29, 1.82) is 0 Å². The number of hydrogen-bond donors (Lipinski definition) is 1. The maximum Gasteiger partial charge on any atom is 0.416 e. The molecule has 0 aliphatic rings. The highest BCUT2D eigenvalue weighted by Crippen LogP contribution is 2.34. The summed E-state index contributed by atoms with van der Waals surface area (Å²) in [5, 5.41) is 3.92. The number of aromatic nitrogens is 1. The number of nitrogens with one attached hydrogen (secondary N) is 1. The van der Waals surface area contributed by atoms with Crippen LogP contribution in [0.5, 0.6) is 0 Å². The van der Waals surface area contributed by atoms with Gasteiger partial charge in [-0.2, -0.15) is 13.2 Å². The molecule has 0 saturated carbocycles. The predicted octanol–water partition coefficient (Wildman–Crippen LogP) is 6.90. The van der Waals surface area contributed by atoms with E-state index in [9.17, 15) is 18.0 Å². The van der Waals surface area contributed by atoms with Gasteiger partial charge in [-0.15, -0.1) is 11.8 Å². The van der Waals surface area contributed by atoms with E-state index in [4.69, 9.17) is 0 Å². The van der Waals surface area contributed by atoms with Crippen LogP contribution in [-0.4, -0.2) is 16.6 Å². The molecule has 3 rings (SSSR count). The Kier molecular flexibility index (Phi) is 6.89. The van der Waals surface area contributed by atoms with Crippen LogP contribution in [0.25, 0.3) is 10.9 Å². The summed E-state index contributed by atoms with van der Waals surface area (Å²) in [5.41, 5.74) is 2.76. The van der Waals surface area contributed by atoms with Crippen molar-refractivity contribution < 1.29 is 18.0 Å². The van der Waals surface area contributed by atoms with Gasteiger partial charge in [0.1, 0.15) is 5.03 Å². The fraction of sp³-hybridized carbons (Fsp3) is 0.360. The number of fused-ring (bicyclic) bond motifs is 1. The maximum absolute atomic E-state index is 13.1. The van der Waals surface area contributed by atoms with Crippen LogP contribution < -0.4 is 5.32 Å². The van der Waals surface area contributed by atoms with Crippen molar-refractivity contribution in [2.24, 2.45) is 0 Å². The first kappa shape index (κ1) is 24.1. The molecule has 0 fully saturated rings. The van der Waals surface area contributed by atoms with Crippen molar-refractivity contribution in [2.75, 3.05) is 5.75 Å². The molecule has 0 atom stereocenters. The summed E-state index contributed by atoms with van der Waals surface area (Å²) in [7, 11) is 0. The first-order valence-corrected chi connectivity index (χ1v) is 11.4. The summed E-state index contributed by atoms with van der Waals surface area (Å²) in [6.45, 7) is 10.4. The van der Waals surface area contributed by atoms with Crippen molar-refractivity contribution in [3.63, 3.8) is 0 Å². The van der Waals surface area contributed by atoms with Crippen LogP contribution in [0.4, 0.5) is 13.2 Å². The lowest BCUT2D eigenvalue weighted by Gasteiger charge is -2.19. The largest absolute Gasteiger partial charge is 0.416 e. The molecule has 0 unspecified atom stereocenters. The van der Waals surface area contributed by atoms with E-state index in [-0.39, 0.29) is 16.8 Å². The SMILES string of the molecule is CCSc1nc2cc(C(F)(F)F)ccc2c(C)c1C(=O)NCc1ccc(C(C)(C)C)cc1. The van der Waals surface area contributed by atoms with E-state index in [2.05, 4.69) is 43.2 Å². The molecular formula is C25H27F3N2OS. The lowest BCUT2D eigenvalue weighted by Crippen LogP contribution is -2.25. The predicted molar refractivity (Wildman–Crippen MR) is 124 cm³/mol. The summed E-state index contributed by atoms with van der Waals surface area (Å²) in [5.74, 6) is 0.360. The van der Waals surface area contributed by atoms with Crippen molar-refractivity contribution in [1.82, 2.24) is 10.3 Å². The monoisotopic (exact) mass is 460 g/mol. The van der Waals surface area contributed by atoms with E-state index >= 15 is 0 Å². The van der Waals surface area contributed by atoms with Gasteiger partial charge in [0, 0.05) is 11.9 Å². The van der Waals surface area contributed by atoms with Gasteiger partial charge in [0.15, 0.2) is 0 Å². The van der Waals surface area contributed by atoms with Gasteiger partial charge in [-0.3, -0.25) is 4.79 Å².